The van der Waals surface area contributed by atoms with Crippen molar-refractivity contribution in [2.75, 3.05) is 19.6 Å². The summed E-state index contributed by atoms with van der Waals surface area (Å²) in [6.07, 6.45) is 0. The van der Waals surface area contributed by atoms with E-state index in [1.165, 1.54) is 12.1 Å². The largest absolute Gasteiger partial charge is 0.336 e. The molecular weight excluding hydrogens is 207 g/mol. The van der Waals surface area contributed by atoms with Gasteiger partial charge in [-0.25, -0.2) is 4.39 Å². The van der Waals surface area contributed by atoms with E-state index in [4.69, 9.17) is 0 Å². The fraction of sp³-hybridized carbons (Fsp3) is 0.417. The molecule has 1 unspecified atom stereocenters. The number of amides is 1. The van der Waals surface area contributed by atoms with Crippen molar-refractivity contribution in [1.29, 1.82) is 0 Å². The first-order chi connectivity index (χ1) is 7.68. The zero-order chi connectivity index (χ0) is 11.5. The molecule has 1 atom stereocenters. The molecule has 3 nitrogen and oxygen atoms in total. The van der Waals surface area contributed by atoms with Gasteiger partial charge in [-0.2, -0.15) is 0 Å². The molecule has 0 radical (unpaired) electrons. The molecule has 1 heterocycles. The van der Waals surface area contributed by atoms with Crippen LogP contribution < -0.4 is 5.32 Å². The van der Waals surface area contributed by atoms with Gasteiger partial charge in [-0.05, 0) is 19.1 Å². The first kappa shape index (κ1) is 11.1. The molecule has 1 aliphatic heterocycles. The Morgan fingerprint density at radius 1 is 1.50 bits per heavy atom. The SMILES string of the molecule is CC1CN(C(=O)c2ccccc2F)CCN1. The lowest BCUT2D eigenvalue weighted by Gasteiger charge is -2.32. The van der Waals surface area contributed by atoms with E-state index < -0.39 is 5.82 Å². The number of hydrogen-bond acceptors (Lipinski definition) is 2. The molecule has 1 fully saturated rings. The van der Waals surface area contributed by atoms with Crippen LogP contribution in [0.1, 0.15) is 17.3 Å². The summed E-state index contributed by atoms with van der Waals surface area (Å²) in [6.45, 7) is 4.05. The van der Waals surface area contributed by atoms with Crippen LogP contribution in [0.15, 0.2) is 24.3 Å². The molecule has 0 bridgehead atoms. The second-order valence-electron chi connectivity index (χ2n) is 4.09. The van der Waals surface area contributed by atoms with Gasteiger partial charge in [0.1, 0.15) is 5.82 Å². The van der Waals surface area contributed by atoms with Gasteiger partial charge in [0.15, 0.2) is 0 Å². The maximum Gasteiger partial charge on any atom is 0.256 e. The van der Waals surface area contributed by atoms with Crippen LogP contribution in [0.25, 0.3) is 0 Å². The van der Waals surface area contributed by atoms with Gasteiger partial charge in [0.05, 0.1) is 5.56 Å². The fourth-order valence-corrected chi connectivity index (χ4v) is 1.92. The minimum atomic E-state index is -0.446. The summed E-state index contributed by atoms with van der Waals surface area (Å²) in [7, 11) is 0. The number of benzene rings is 1. The summed E-state index contributed by atoms with van der Waals surface area (Å²) in [5, 5.41) is 3.25. The second kappa shape index (κ2) is 4.61. The highest BCUT2D eigenvalue weighted by Gasteiger charge is 2.23. The zero-order valence-electron chi connectivity index (χ0n) is 9.24. The number of hydrogen-bond donors (Lipinski definition) is 1. The zero-order valence-corrected chi connectivity index (χ0v) is 9.24. The predicted octanol–water partition coefficient (Wildman–Crippen LogP) is 1.26. The van der Waals surface area contributed by atoms with E-state index in [0.29, 0.717) is 13.1 Å². The topological polar surface area (TPSA) is 32.3 Å². The molecule has 2 rings (SSSR count). The van der Waals surface area contributed by atoms with Crippen LogP contribution >= 0.6 is 0 Å². The van der Waals surface area contributed by atoms with Crippen LogP contribution in [0.5, 0.6) is 0 Å². The first-order valence-electron chi connectivity index (χ1n) is 5.45. The highest BCUT2D eigenvalue weighted by Crippen LogP contribution is 2.11. The van der Waals surface area contributed by atoms with Crippen molar-refractivity contribution in [3.8, 4) is 0 Å². The van der Waals surface area contributed by atoms with E-state index in [-0.39, 0.29) is 17.5 Å². The minimum Gasteiger partial charge on any atom is -0.336 e. The van der Waals surface area contributed by atoms with E-state index >= 15 is 0 Å². The minimum absolute atomic E-state index is 0.164. The summed E-state index contributed by atoms with van der Waals surface area (Å²) in [5.74, 6) is -0.662. The smallest absolute Gasteiger partial charge is 0.256 e. The lowest BCUT2D eigenvalue weighted by atomic mass is 10.1. The Hall–Kier alpha value is -1.42. The molecule has 16 heavy (non-hydrogen) atoms. The number of piperazine rings is 1. The number of nitrogens with one attached hydrogen (secondary N) is 1. The van der Waals surface area contributed by atoms with Gasteiger partial charge in [0.25, 0.3) is 5.91 Å². The highest BCUT2D eigenvalue weighted by molar-refractivity contribution is 5.94. The Morgan fingerprint density at radius 3 is 2.94 bits per heavy atom. The van der Waals surface area contributed by atoms with Crippen molar-refractivity contribution >= 4 is 5.91 Å². The van der Waals surface area contributed by atoms with Crippen molar-refractivity contribution in [3.05, 3.63) is 35.6 Å². The second-order valence-corrected chi connectivity index (χ2v) is 4.09. The molecule has 0 saturated carbocycles. The Labute approximate surface area is 94.3 Å². The molecule has 4 heteroatoms. The number of carbonyl (C=O) groups is 1. The molecule has 1 saturated heterocycles. The van der Waals surface area contributed by atoms with E-state index in [1.54, 1.807) is 17.0 Å². The molecule has 0 spiro atoms. The Morgan fingerprint density at radius 2 is 2.25 bits per heavy atom. The molecule has 1 N–H and O–H groups in total. The van der Waals surface area contributed by atoms with E-state index in [2.05, 4.69) is 5.32 Å². The van der Waals surface area contributed by atoms with E-state index in [9.17, 15) is 9.18 Å². The van der Waals surface area contributed by atoms with Gasteiger partial charge in [-0.15, -0.1) is 0 Å². The molecule has 1 amide bonds. The molecule has 1 aromatic carbocycles. The lowest BCUT2D eigenvalue weighted by Crippen LogP contribution is -2.51. The van der Waals surface area contributed by atoms with Crippen LogP contribution in [-0.4, -0.2) is 36.5 Å². The molecule has 1 aromatic rings. The third kappa shape index (κ3) is 2.22. The van der Waals surface area contributed by atoms with Crippen molar-refractivity contribution in [2.24, 2.45) is 0 Å². The molecule has 1 aliphatic rings. The number of halogens is 1. The van der Waals surface area contributed by atoms with Gasteiger partial charge < -0.3 is 10.2 Å². The number of carbonyl (C=O) groups excluding carboxylic acids is 1. The van der Waals surface area contributed by atoms with Crippen LogP contribution in [0.2, 0.25) is 0 Å². The quantitative estimate of drug-likeness (QED) is 0.776. The lowest BCUT2D eigenvalue weighted by molar-refractivity contribution is 0.0704. The predicted molar refractivity (Wildman–Crippen MR) is 59.8 cm³/mol. The van der Waals surface area contributed by atoms with Crippen LogP contribution in [0, 0.1) is 5.82 Å². The van der Waals surface area contributed by atoms with Gasteiger partial charge >= 0.3 is 0 Å². The highest BCUT2D eigenvalue weighted by atomic mass is 19.1. The van der Waals surface area contributed by atoms with E-state index in [1.807, 2.05) is 6.92 Å². The molecule has 0 aliphatic carbocycles. The summed E-state index contributed by atoms with van der Waals surface area (Å²) in [5.41, 5.74) is 0.164. The van der Waals surface area contributed by atoms with Crippen molar-refractivity contribution in [3.63, 3.8) is 0 Å². The summed E-state index contributed by atoms with van der Waals surface area (Å²) in [4.78, 5) is 13.7. The van der Waals surface area contributed by atoms with E-state index in [0.717, 1.165) is 6.54 Å². The van der Waals surface area contributed by atoms with Crippen molar-refractivity contribution < 1.29 is 9.18 Å². The normalized spacial score (nSPS) is 20.9. The number of nitrogens with zero attached hydrogens (tertiary/aromatic N) is 1. The standard InChI is InChI=1S/C12H15FN2O/c1-9-8-15(7-6-14-9)12(16)10-4-2-3-5-11(10)13/h2-5,9,14H,6-8H2,1H3. The fourth-order valence-electron chi connectivity index (χ4n) is 1.92. The Bertz CT molecular complexity index is 394. The molecular formula is C12H15FN2O. The maximum absolute atomic E-state index is 13.4. The first-order valence-corrected chi connectivity index (χ1v) is 5.45. The summed E-state index contributed by atoms with van der Waals surface area (Å²) in [6, 6.07) is 6.39. The average molecular weight is 222 g/mol. The summed E-state index contributed by atoms with van der Waals surface area (Å²) < 4.78 is 13.4. The van der Waals surface area contributed by atoms with Gasteiger partial charge in [0.2, 0.25) is 0 Å². The Kier molecular flexibility index (Phi) is 3.19. The van der Waals surface area contributed by atoms with Gasteiger partial charge in [0, 0.05) is 25.7 Å². The monoisotopic (exact) mass is 222 g/mol. The third-order valence-corrected chi connectivity index (χ3v) is 2.76. The van der Waals surface area contributed by atoms with Crippen LogP contribution in [0.3, 0.4) is 0 Å². The van der Waals surface area contributed by atoms with Crippen molar-refractivity contribution in [2.45, 2.75) is 13.0 Å². The number of rotatable bonds is 1. The van der Waals surface area contributed by atoms with Gasteiger partial charge in [-0.3, -0.25) is 4.79 Å². The third-order valence-electron chi connectivity index (χ3n) is 2.76. The van der Waals surface area contributed by atoms with Crippen LogP contribution in [-0.2, 0) is 0 Å². The molecule has 86 valence electrons. The van der Waals surface area contributed by atoms with Crippen LogP contribution in [0.4, 0.5) is 4.39 Å². The average Bonchev–Trinajstić information content (AvgIpc) is 2.29. The van der Waals surface area contributed by atoms with Gasteiger partial charge in [-0.1, -0.05) is 12.1 Å². The molecule has 0 aromatic heterocycles. The van der Waals surface area contributed by atoms with Crippen molar-refractivity contribution in [1.82, 2.24) is 10.2 Å². The maximum atomic E-state index is 13.4. The Balaban J connectivity index is 2.16. The summed E-state index contributed by atoms with van der Waals surface area (Å²) >= 11 is 0.